The summed E-state index contributed by atoms with van der Waals surface area (Å²) in [6.07, 6.45) is 4.60. The number of pyridine rings is 1. The zero-order chi connectivity index (χ0) is 11.4. The maximum atomic E-state index is 9.41. The van der Waals surface area contributed by atoms with Gasteiger partial charge in [-0.25, -0.2) is 4.98 Å². The second kappa shape index (κ2) is 5.51. The Bertz CT molecular complexity index is 346. The molecule has 1 saturated heterocycles. The Labute approximate surface area is 101 Å². The lowest BCUT2D eigenvalue weighted by Gasteiger charge is -2.29. The van der Waals surface area contributed by atoms with Crippen molar-refractivity contribution in [2.24, 2.45) is 0 Å². The predicted octanol–water partition coefficient (Wildman–Crippen LogP) is 2.48. The summed E-state index contributed by atoms with van der Waals surface area (Å²) < 4.78 is 0. The van der Waals surface area contributed by atoms with Crippen molar-refractivity contribution in [3.8, 4) is 0 Å². The number of hydrogen-bond acceptors (Lipinski definition) is 3. The summed E-state index contributed by atoms with van der Waals surface area (Å²) in [5.74, 6) is 0.883. The van der Waals surface area contributed by atoms with Crippen LogP contribution in [0.2, 0.25) is 5.15 Å². The van der Waals surface area contributed by atoms with E-state index in [4.69, 9.17) is 11.6 Å². The van der Waals surface area contributed by atoms with Gasteiger partial charge in [0.25, 0.3) is 0 Å². The average molecular weight is 241 g/mol. The van der Waals surface area contributed by atoms with E-state index in [1.165, 1.54) is 12.8 Å². The smallest absolute Gasteiger partial charge is 0.131 e. The Morgan fingerprint density at radius 2 is 2.25 bits per heavy atom. The molecule has 0 aromatic carbocycles. The quantitative estimate of drug-likeness (QED) is 0.807. The summed E-state index contributed by atoms with van der Waals surface area (Å²) in [5, 5.41) is 9.93. The number of nitrogens with zero attached hydrogens (tertiary/aromatic N) is 2. The van der Waals surface area contributed by atoms with Crippen molar-refractivity contribution in [3.63, 3.8) is 0 Å². The molecule has 1 aromatic rings. The molecule has 1 N–H and O–H groups in total. The van der Waals surface area contributed by atoms with Crippen LogP contribution in [0.5, 0.6) is 0 Å². The van der Waals surface area contributed by atoms with Gasteiger partial charge >= 0.3 is 0 Å². The Balaban J connectivity index is 2.21. The minimum atomic E-state index is 0.188. The largest absolute Gasteiger partial charge is 0.394 e. The molecule has 4 heteroatoms. The molecule has 2 heterocycles. The number of rotatable bonds is 2. The molecule has 1 aliphatic heterocycles. The average Bonchev–Trinajstić information content (AvgIpc) is 2.53. The number of aliphatic hydroxyl groups is 1. The van der Waals surface area contributed by atoms with Gasteiger partial charge in [0.05, 0.1) is 12.6 Å². The zero-order valence-electron chi connectivity index (χ0n) is 9.27. The van der Waals surface area contributed by atoms with Gasteiger partial charge in [-0.1, -0.05) is 30.5 Å². The zero-order valence-corrected chi connectivity index (χ0v) is 10.0. The normalized spacial score (nSPS) is 21.9. The summed E-state index contributed by atoms with van der Waals surface area (Å²) in [6.45, 7) is 1.15. The van der Waals surface area contributed by atoms with Crippen LogP contribution in [0, 0.1) is 0 Å². The van der Waals surface area contributed by atoms with E-state index in [2.05, 4.69) is 9.88 Å². The second-order valence-corrected chi connectivity index (χ2v) is 4.58. The standard InChI is InChI=1S/C12H17ClN2O/c13-11-6-4-7-12(14-11)15-8-3-1-2-5-10(15)9-16/h4,6-7,10,16H,1-3,5,8-9H2. The fourth-order valence-corrected chi connectivity index (χ4v) is 2.39. The van der Waals surface area contributed by atoms with Crippen LogP contribution in [0.3, 0.4) is 0 Å². The highest BCUT2D eigenvalue weighted by atomic mass is 35.5. The Hall–Kier alpha value is -0.800. The maximum absolute atomic E-state index is 9.41. The van der Waals surface area contributed by atoms with E-state index in [1.807, 2.05) is 12.1 Å². The summed E-state index contributed by atoms with van der Waals surface area (Å²) in [7, 11) is 0. The van der Waals surface area contributed by atoms with Gasteiger partial charge < -0.3 is 10.0 Å². The molecule has 1 aliphatic rings. The third-order valence-electron chi connectivity index (χ3n) is 3.08. The summed E-state index contributed by atoms with van der Waals surface area (Å²) in [5.41, 5.74) is 0. The van der Waals surface area contributed by atoms with Crippen molar-refractivity contribution in [2.75, 3.05) is 18.1 Å². The van der Waals surface area contributed by atoms with Crippen LogP contribution in [0.1, 0.15) is 25.7 Å². The van der Waals surface area contributed by atoms with Gasteiger partial charge in [-0.3, -0.25) is 0 Å². The Kier molecular flexibility index (Phi) is 4.02. The van der Waals surface area contributed by atoms with Gasteiger partial charge in [-0.2, -0.15) is 0 Å². The van der Waals surface area contributed by atoms with Crippen molar-refractivity contribution >= 4 is 17.4 Å². The molecule has 3 nitrogen and oxygen atoms in total. The highest BCUT2D eigenvalue weighted by Crippen LogP contribution is 2.23. The summed E-state index contributed by atoms with van der Waals surface area (Å²) >= 11 is 5.90. The molecule has 0 bridgehead atoms. The fourth-order valence-electron chi connectivity index (χ4n) is 2.23. The van der Waals surface area contributed by atoms with Crippen molar-refractivity contribution < 1.29 is 5.11 Å². The van der Waals surface area contributed by atoms with E-state index in [-0.39, 0.29) is 12.6 Å². The molecule has 0 spiro atoms. The third kappa shape index (κ3) is 2.66. The third-order valence-corrected chi connectivity index (χ3v) is 3.29. The van der Waals surface area contributed by atoms with E-state index < -0.39 is 0 Å². The van der Waals surface area contributed by atoms with E-state index >= 15 is 0 Å². The molecular weight excluding hydrogens is 224 g/mol. The molecule has 0 amide bonds. The van der Waals surface area contributed by atoms with Gasteiger partial charge in [-0.15, -0.1) is 0 Å². The van der Waals surface area contributed by atoms with Gasteiger partial charge in [0, 0.05) is 6.54 Å². The lowest BCUT2D eigenvalue weighted by molar-refractivity contribution is 0.254. The number of halogens is 1. The lowest BCUT2D eigenvalue weighted by atomic mass is 10.1. The molecule has 88 valence electrons. The monoisotopic (exact) mass is 240 g/mol. The molecule has 0 aliphatic carbocycles. The van der Waals surface area contributed by atoms with Crippen molar-refractivity contribution in [1.29, 1.82) is 0 Å². The molecule has 0 saturated carbocycles. The van der Waals surface area contributed by atoms with Gasteiger partial charge in [0.15, 0.2) is 0 Å². The maximum Gasteiger partial charge on any atom is 0.131 e. The van der Waals surface area contributed by atoms with Gasteiger partial charge in [0.2, 0.25) is 0 Å². The lowest BCUT2D eigenvalue weighted by Crippen LogP contribution is -2.38. The number of aliphatic hydroxyl groups excluding tert-OH is 1. The molecule has 1 atom stereocenters. The van der Waals surface area contributed by atoms with Gasteiger partial charge in [0.1, 0.15) is 11.0 Å². The van der Waals surface area contributed by atoms with Crippen LogP contribution >= 0.6 is 11.6 Å². The fraction of sp³-hybridized carbons (Fsp3) is 0.583. The van der Waals surface area contributed by atoms with E-state index in [9.17, 15) is 5.11 Å². The molecule has 0 radical (unpaired) electrons. The molecule has 1 unspecified atom stereocenters. The minimum absolute atomic E-state index is 0.188. The van der Waals surface area contributed by atoms with E-state index in [0.29, 0.717) is 5.15 Å². The number of aromatic nitrogens is 1. The molecule has 1 fully saturated rings. The topological polar surface area (TPSA) is 36.4 Å². The highest BCUT2D eigenvalue weighted by Gasteiger charge is 2.21. The van der Waals surface area contributed by atoms with Gasteiger partial charge in [-0.05, 0) is 25.0 Å². The van der Waals surface area contributed by atoms with Crippen molar-refractivity contribution in [1.82, 2.24) is 4.98 Å². The molecular formula is C12H17ClN2O. The van der Waals surface area contributed by atoms with Crippen LogP contribution in [0.25, 0.3) is 0 Å². The van der Waals surface area contributed by atoms with Crippen LogP contribution in [0.15, 0.2) is 18.2 Å². The number of anilines is 1. The summed E-state index contributed by atoms with van der Waals surface area (Å²) in [6, 6.07) is 5.83. The first-order valence-corrected chi connectivity index (χ1v) is 6.19. The second-order valence-electron chi connectivity index (χ2n) is 4.20. The molecule has 16 heavy (non-hydrogen) atoms. The predicted molar refractivity (Wildman–Crippen MR) is 65.9 cm³/mol. The summed E-state index contributed by atoms with van der Waals surface area (Å²) in [4.78, 5) is 6.50. The highest BCUT2D eigenvalue weighted by molar-refractivity contribution is 6.29. The minimum Gasteiger partial charge on any atom is -0.394 e. The van der Waals surface area contributed by atoms with Crippen LogP contribution in [0.4, 0.5) is 5.82 Å². The Morgan fingerprint density at radius 3 is 3.00 bits per heavy atom. The van der Waals surface area contributed by atoms with Crippen LogP contribution < -0.4 is 4.90 Å². The first kappa shape index (κ1) is 11.7. The van der Waals surface area contributed by atoms with Crippen molar-refractivity contribution in [3.05, 3.63) is 23.4 Å². The SMILES string of the molecule is OCC1CCCCCN1c1cccc(Cl)n1. The first-order chi connectivity index (χ1) is 7.81. The Morgan fingerprint density at radius 1 is 1.38 bits per heavy atom. The number of hydrogen-bond donors (Lipinski definition) is 1. The first-order valence-electron chi connectivity index (χ1n) is 5.81. The van der Waals surface area contributed by atoms with Crippen molar-refractivity contribution in [2.45, 2.75) is 31.7 Å². The van der Waals surface area contributed by atoms with E-state index in [0.717, 1.165) is 25.2 Å². The van der Waals surface area contributed by atoms with Crippen LogP contribution in [-0.4, -0.2) is 29.3 Å². The van der Waals surface area contributed by atoms with E-state index in [1.54, 1.807) is 6.07 Å². The molecule has 2 rings (SSSR count). The van der Waals surface area contributed by atoms with Crippen LogP contribution in [-0.2, 0) is 0 Å². The molecule has 1 aromatic heterocycles.